The minimum absolute atomic E-state index is 0.518. The van der Waals surface area contributed by atoms with Crippen LogP contribution in [0.25, 0.3) is 0 Å². The predicted molar refractivity (Wildman–Crippen MR) is 59.0 cm³/mol. The van der Waals surface area contributed by atoms with Crippen molar-refractivity contribution in [3.05, 3.63) is 22.8 Å². The first-order chi connectivity index (χ1) is 6.74. The molecule has 0 fully saturated rings. The smallest absolute Gasteiger partial charge is 0.131 e. The maximum absolute atomic E-state index is 5.78. The average molecular weight is 215 g/mol. The molecule has 3 nitrogen and oxygen atoms in total. The van der Waals surface area contributed by atoms with Crippen molar-refractivity contribution in [2.45, 2.75) is 13.3 Å². The molecule has 0 saturated carbocycles. The fourth-order valence-electron chi connectivity index (χ4n) is 1.11. The van der Waals surface area contributed by atoms with Crippen LogP contribution in [0.5, 0.6) is 0 Å². The molecule has 4 heteroatoms. The molecule has 1 aromatic heterocycles. The number of rotatable bonds is 5. The van der Waals surface area contributed by atoms with Crippen molar-refractivity contribution in [1.82, 2.24) is 4.98 Å². The fraction of sp³-hybridized carbons (Fsp3) is 0.500. The predicted octanol–water partition coefficient (Wildman–Crippen LogP) is 2.49. The van der Waals surface area contributed by atoms with Gasteiger partial charge in [0.05, 0.1) is 0 Å². The van der Waals surface area contributed by atoms with Gasteiger partial charge in [-0.15, -0.1) is 0 Å². The van der Waals surface area contributed by atoms with Crippen LogP contribution >= 0.6 is 11.6 Å². The van der Waals surface area contributed by atoms with E-state index in [2.05, 4.69) is 10.3 Å². The van der Waals surface area contributed by atoms with Crippen LogP contribution in [0.3, 0.4) is 0 Å². The lowest BCUT2D eigenvalue weighted by Crippen LogP contribution is -2.07. The Labute approximate surface area is 89.4 Å². The lowest BCUT2D eigenvalue weighted by molar-refractivity contribution is 0.197. The minimum atomic E-state index is 0.518. The molecule has 1 rings (SSSR count). The van der Waals surface area contributed by atoms with Gasteiger partial charge in [-0.1, -0.05) is 17.7 Å². The van der Waals surface area contributed by atoms with Gasteiger partial charge in [0, 0.05) is 20.3 Å². The van der Waals surface area contributed by atoms with E-state index in [1.807, 2.05) is 13.0 Å². The van der Waals surface area contributed by atoms with Crippen molar-refractivity contribution in [2.75, 3.05) is 25.6 Å². The van der Waals surface area contributed by atoms with Gasteiger partial charge < -0.3 is 10.1 Å². The van der Waals surface area contributed by atoms with Gasteiger partial charge in [0.25, 0.3) is 0 Å². The van der Waals surface area contributed by atoms with Crippen molar-refractivity contribution in [1.29, 1.82) is 0 Å². The highest BCUT2D eigenvalue weighted by Gasteiger charge is 1.99. The SMILES string of the molecule is COCCCNc1nc(Cl)ccc1C. The van der Waals surface area contributed by atoms with Crippen LogP contribution in [0.4, 0.5) is 5.82 Å². The summed E-state index contributed by atoms with van der Waals surface area (Å²) in [5.41, 5.74) is 1.10. The van der Waals surface area contributed by atoms with Crippen LogP contribution in [0, 0.1) is 6.92 Å². The average Bonchev–Trinajstić information content (AvgIpc) is 2.18. The van der Waals surface area contributed by atoms with Gasteiger partial charge in [-0.3, -0.25) is 0 Å². The number of halogens is 1. The summed E-state index contributed by atoms with van der Waals surface area (Å²) >= 11 is 5.78. The molecule has 1 aromatic rings. The van der Waals surface area contributed by atoms with E-state index in [0.717, 1.165) is 31.0 Å². The normalized spacial score (nSPS) is 10.2. The van der Waals surface area contributed by atoms with E-state index in [-0.39, 0.29) is 0 Å². The Morgan fingerprint density at radius 1 is 1.50 bits per heavy atom. The van der Waals surface area contributed by atoms with Crippen molar-refractivity contribution < 1.29 is 4.74 Å². The highest BCUT2D eigenvalue weighted by Crippen LogP contribution is 2.14. The van der Waals surface area contributed by atoms with E-state index in [1.54, 1.807) is 13.2 Å². The van der Waals surface area contributed by atoms with E-state index < -0.39 is 0 Å². The van der Waals surface area contributed by atoms with Crippen molar-refractivity contribution in [2.24, 2.45) is 0 Å². The highest BCUT2D eigenvalue weighted by atomic mass is 35.5. The first kappa shape index (κ1) is 11.3. The summed E-state index contributed by atoms with van der Waals surface area (Å²) < 4.78 is 4.95. The zero-order chi connectivity index (χ0) is 10.4. The first-order valence-corrected chi connectivity index (χ1v) is 4.98. The summed E-state index contributed by atoms with van der Waals surface area (Å²) in [4.78, 5) is 4.18. The van der Waals surface area contributed by atoms with Crippen LogP contribution in [-0.4, -0.2) is 25.2 Å². The standard InChI is InChI=1S/C10H15ClN2O/c1-8-4-5-9(11)13-10(8)12-6-3-7-14-2/h4-5H,3,6-7H2,1-2H3,(H,12,13). The highest BCUT2D eigenvalue weighted by molar-refractivity contribution is 6.29. The van der Waals surface area contributed by atoms with Gasteiger partial charge in [-0.2, -0.15) is 0 Å². The van der Waals surface area contributed by atoms with Gasteiger partial charge >= 0.3 is 0 Å². The number of methoxy groups -OCH3 is 1. The Kier molecular flexibility index (Phi) is 4.70. The first-order valence-electron chi connectivity index (χ1n) is 4.60. The van der Waals surface area contributed by atoms with Crippen molar-refractivity contribution in [3.8, 4) is 0 Å². The molecule has 78 valence electrons. The van der Waals surface area contributed by atoms with Crippen LogP contribution in [0.1, 0.15) is 12.0 Å². The van der Waals surface area contributed by atoms with Crippen LogP contribution in [0.15, 0.2) is 12.1 Å². The van der Waals surface area contributed by atoms with Gasteiger partial charge in [0.1, 0.15) is 11.0 Å². The summed E-state index contributed by atoms with van der Waals surface area (Å²) in [5, 5.41) is 3.73. The summed E-state index contributed by atoms with van der Waals surface area (Å²) in [6, 6.07) is 3.74. The van der Waals surface area contributed by atoms with E-state index in [0.29, 0.717) is 5.15 Å². The molecule has 0 amide bonds. The molecular weight excluding hydrogens is 200 g/mol. The van der Waals surface area contributed by atoms with Gasteiger partial charge in [-0.25, -0.2) is 4.98 Å². The summed E-state index contributed by atoms with van der Waals surface area (Å²) in [6.45, 7) is 3.61. The summed E-state index contributed by atoms with van der Waals surface area (Å²) in [5.74, 6) is 0.855. The Hall–Kier alpha value is -0.800. The molecule has 0 aliphatic rings. The second kappa shape index (κ2) is 5.83. The molecule has 0 saturated heterocycles. The number of anilines is 1. The maximum Gasteiger partial charge on any atom is 0.131 e. The number of aryl methyl sites for hydroxylation is 1. The number of aromatic nitrogens is 1. The van der Waals surface area contributed by atoms with E-state index in [4.69, 9.17) is 16.3 Å². The maximum atomic E-state index is 5.78. The molecule has 0 aromatic carbocycles. The van der Waals surface area contributed by atoms with Crippen LogP contribution < -0.4 is 5.32 Å². The zero-order valence-corrected chi connectivity index (χ0v) is 9.27. The number of hydrogen-bond acceptors (Lipinski definition) is 3. The molecule has 0 radical (unpaired) electrons. The Balaban J connectivity index is 2.45. The quantitative estimate of drug-likeness (QED) is 0.604. The number of ether oxygens (including phenoxy) is 1. The third-order valence-corrected chi connectivity index (χ3v) is 2.09. The third-order valence-electron chi connectivity index (χ3n) is 1.88. The lowest BCUT2D eigenvalue weighted by atomic mass is 10.3. The van der Waals surface area contributed by atoms with Crippen molar-refractivity contribution >= 4 is 17.4 Å². The summed E-state index contributed by atoms with van der Waals surface area (Å²) in [7, 11) is 1.70. The molecular formula is C10H15ClN2O. The van der Waals surface area contributed by atoms with Gasteiger partial charge in [0.2, 0.25) is 0 Å². The largest absolute Gasteiger partial charge is 0.385 e. The second-order valence-electron chi connectivity index (χ2n) is 3.07. The number of hydrogen-bond donors (Lipinski definition) is 1. The number of nitrogens with one attached hydrogen (secondary N) is 1. The number of nitrogens with zero attached hydrogens (tertiary/aromatic N) is 1. The Morgan fingerprint density at radius 3 is 3.00 bits per heavy atom. The molecule has 0 unspecified atom stereocenters. The summed E-state index contributed by atoms with van der Waals surface area (Å²) in [6.07, 6.45) is 0.962. The second-order valence-corrected chi connectivity index (χ2v) is 3.46. The van der Waals surface area contributed by atoms with Gasteiger partial charge in [0.15, 0.2) is 0 Å². The van der Waals surface area contributed by atoms with Crippen LogP contribution in [-0.2, 0) is 4.74 Å². The minimum Gasteiger partial charge on any atom is -0.385 e. The van der Waals surface area contributed by atoms with Gasteiger partial charge in [-0.05, 0) is 25.0 Å². The third kappa shape index (κ3) is 3.52. The Bertz CT molecular complexity index is 291. The van der Waals surface area contributed by atoms with Crippen molar-refractivity contribution in [3.63, 3.8) is 0 Å². The molecule has 14 heavy (non-hydrogen) atoms. The molecule has 0 bridgehead atoms. The van der Waals surface area contributed by atoms with E-state index in [9.17, 15) is 0 Å². The molecule has 1 N–H and O–H groups in total. The lowest BCUT2D eigenvalue weighted by Gasteiger charge is -2.07. The van der Waals surface area contributed by atoms with E-state index in [1.165, 1.54) is 0 Å². The fourth-order valence-corrected chi connectivity index (χ4v) is 1.25. The molecule has 1 heterocycles. The molecule has 0 aliphatic heterocycles. The van der Waals surface area contributed by atoms with Crippen LogP contribution in [0.2, 0.25) is 5.15 Å². The topological polar surface area (TPSA) is 34.1 Å². The molecule has 0 atom stereocenters. The van der Waals surface area contributed by atoms with E-state index >= 15 is 0 Å². The molecule has 0 aliphatic carbocycles. The Morgan fingerprint density at radius 2 is 2.29 bits per heavy atom. The number of pyridine rings is 1. The zero-order valence-electron chi connectivity index (χ0n) is 8.51. The monoisotopic (exact) mass is 214 g/mol. The molecule has 0 spiro atoms.